The Balaban J connectivity index is 2.64. The van der Waals surface area contributed by atoms with Crippen LogP contribution in [-0.4, -0.2) is 44.5 Å². The smallest absolute Gasteiger partial charge is 0.262 e. The third-order valence-electron chi connectivity index (χ3n) is 3.06. The van der Waals surface area contributed by atoms with E-state index in [4.69, 9.17) is 38.0 Å². The van der Waals surface area contributed by atoms with Crippen LogP contribution in [0.1, 0.15) is 19.4 Å². The minimum atomic E-state index is -0.376. The zero-order chi connectivity index (χ0) is 19.5. The van der Waals surface area contributed by atoms with E-state index in [1.807, 2.05) is 13.8 Å². The van der Waals surface area contributed by atoms with Gasteiger partial charge in [0.05, 0.1) is 25.3 Å². The molecule has 1 atom stereocenters. The lowest BCUT2D eigenvalue weighted by Gasteiger charge is -2.15. The summed E-state index contributed by atoms with van der Waals surface area (Å²) in [7, 11) is 3.12. The average molecular weight is 402 g/mol. The number of hydrogen-bond donors (Lipinski definition) is 3. The van der Waals surface area contributed by atoms with Gasteiger partial charge in [-0.25, -0.2) is 0 Å². The predicted octanol–water partition coefficient (Wildman–Crippen LogP) is 2.29. The molecule has 0 aliphatic heterocycles. The lowest BCUT2D eigenvalue weighted by molar-refractivity contribution is -0.116. The third kappa shape index (κ3) is 7.47. The number of benzene rings is 1. The summed E-state index contributed by atoms with van der Waals surface area (Å²) in [6, 6.07) is 3.44. The molecule has 0 aliphatic carbocycles. The molecule has 9 heteroatoms. The molecule has 1 rings (SSSR count). The van der Waals surface area contributed by atoms with Gasteiger partial charge in [0.1, 0.15) is 0 Å². The first kappa shape index (κ1) is 22.0. The Hall–Kier alpha value is -2.03. The highest BCUT2D eigenvalue weighted by Gasteiger charge is 2.10. The van der Waals surface area contributed by atoms with E-state index in [1.165, 1.54) is 13.2 Å². The van der Waals surface area contributed by atoms with Crippen LogP contribution >= 0.6 is 23.8 Å². The molecule has 0 saturated carbocycles. The van der Waals surface area contributed by atoms with Crippen LogP contribution in [0.4, 0.5) is 0 Å². The van der Waals surface area contributed by atoms with Crippen molar-refractivity contribution in [3.8, 4) is 11.5 Å². The van der Waals surface area contributed by atoms with Gasteiger partial charge in [0.25, 0.3) is 5.91 Å². The molecular formula is C17H24ClN3O4S. The monoisotopic (exact) mass is 401 g/mol. The minimum absolute atomic E-state index is 0.0193. The van der Waals surface area contributed by atoms with Crippen LogP contribution in [0.25, 0.3) is 6.08 Å². The molecule has 144 valence electrons. The van der Waals surface area contributed by atoms with E-state index >= 15 is 0 Å². The Morgan fingerprint density at radius 2 is 2.08 bits per heavy atom. The fourth-order valence-corrected chi connectivity index (χ4v) is 2.58. The molecule has 7 nitrogen and oxygen atoms in total. The first-order chi connectivity index (χ1) is 12.4. The molecule has 0 radical (unpaired) electrons. The van der Waals surface area contributed by atoms with Gasteiger partial charge in [-0.3, -0.25) is 15.6 Å². The van der Waals surface area contributed by atoms with Gasteiger partial charge in [-0.05, 0) is 49.8 Å². The summed E-state index contributed by atoms with van der Waals surface area (Å²) in [6.45, 7) is 4.73. The summed E-state index contributed by atoms with van der Waals surface area (Å²) < 4.78 is 15.7. The molecule has 0 spiro atoms. The molecule has 26 heavy (non-hydrogen) atoms. The van der Waals surface area contributed by atoms with Crippen molar-refractivity contribution in [3.05, 3.63) is 28.8 Å². The molecule has 0 aliphatic rings. The highest BCUT2D eigenvalue weighted by atomic mass is 35.5. The first-order valence-corrected chi connectivity index (χ1v) is 8.73. The zero-order valence-corrected chi connectivity index (χ0v) is 16.8. The van der Waals surface area contributed by atoms with Crippen molar-refractivity contribution >= 4 is 40.9 Å². The Labute approximate surface area is 164 Å². The number of halogens is 1. The van der Waals surface area contributed by atoms with Crippen LogP contribution in [0, 0.1) is 0 Å². The maximum absolute atomic E-state index is 11.9. The molecule has 0 heterocycles. The molecule has 0 aromatic heterocycles. The van der Waals surface area contributed by atoms with E-state index in [0.29, 0.717) is 40.4 Å². The lowest BCUT2D eigenvalue weighted by Crippen LogP contribution is -2.49. The predicted molar refractivity (Wildman–Crippen MR) is 107 cm³/mol. The normalized spacial score (nSPS) is 11.7. The Bertz CT molecular complexity index is 655. The summed E-state index contributed by atoms with van der Waals surface area (Å²) in [5.41, 5.74) is 5.78. The van der Waals surface area contributed by atoms with E-state index in [0.717, 1.165) is 0 Å². The van der Waals surface area contributed by atoms with E-state index in [2.05, 4.69) is 16.2 Å². The standard InChI is InChI=1S/C17H24ClN3O4S/c1-5-25-14-9-12(8-13(18)16(14)24-4)6-7-15(22)20-21-17(26)19-11(2)10-23-3/h6-9,11H,5,10H2,1-4H3,(H,20,22)(H2,19,21,26)/b7-6+/t11-/m1/s1. The number of nitrogens with one attached hydrogen (secondary N) is 3. The second kappa shape index (κ2) is 11.6. The van der Waals surface area contributed by atoms with Crippen LogP contribution in [0.2, 0.25) is 5.02 Å². The molecule has 1 aromatic rings. The second-order valence-corrected chi connectivity index (χ2v) is 6.06. The van der Waals surface area contributed by atoms with E-state index < -0.39 is 0 Å². The highest BCUT2D eigenvalue weighted by molar-refractivity contribution is 7.80. The van der Waals surface area contributed by atoms with E-state index in [9.17, 15) is 4.79 Å². The molecule has 0 unspecified atom stereocenters. The fraction of sp³-hybridized carbons (Fsp3) is 0.412. The molecule has 0 bridgehead atoms. The topological polar surface area (TPSA) is 80.9 Å². The number of carbonyl (C=O) groups is 1. The summed E-state index contributed by atoms with van der Waals surface area (Å²) in [5.74, 6) is 0.593. The zero-order valence-electron chi connectivity index (χ0n) is 15.2. The third-order valence-corrected chi connectivity index (χ3v) is 3.56. The molecule has 3 N–H and O–H groups in total. The number of amides is 1. The van der Waals surface area contributed by atoms with Gasteiger partial charge < -0.3 is 19.5 Å². The minimum Gasteiger partial charge on any atom is -0.491 e. The summed E-state index contributed by atoms with van der Waals surface area (Å²) >= 11 is 11.2. The van der Waals surface area contributed by atoms with Crippen molar-refractivity contribution in [3.63, 3.8) is 0 Å². The second-order valence-electron chi connectivity index (χ2n) is 5.24. The van der Waals surface area contributed by atoms with Crippen molar-refractivity contribution in [2.45, 2.75) is 19.9 Å². The summed E-state index contributed by atoms with van der Waals surface area (Å²) in [5, 5.41) is 3.65. The number of hydrogen-bond acceptors (Lipinski definition) is 5. The number of rotatable bonds is 8. The number of carbonyl (C=O) groups excluding carboxylic acids is 1. The van der Waals surface area contributed by atoms with Crippen molar-refractivity contribution in [2.75, 3.05) is 27.4 Å². The number of thiocarbonyl (C=S) groups is 1. The number of hydrazine groups is 1. The number of methoxy groups -OCH3 is 2. The highest BCUT2D eigenvalue weighted by Crippen LogP contribution is 2.36. The SMILES string of the molecule is CCOc1cc(/C=C/C(=O)NNC(=S)N[C@H](C)COC)cc(Cl)c1OC. The van der Waals surface area contributed by atoms with Gasteiger partial charge in [-0.1, -0.05) is 11.6 Å². The summed E-state index contributed by atoms with van der Waals surface area (Å²) in [6.07, 6.45) is 2.96. The van der Waals surface area contributed by atoms with Gasteiger partial charge in [-0.2, -0.15) is 0 Å². The molecule has 1 aromatic carbocycles. The maximum Gasteiger partial charge on any atom is 0.262 e. The van der Waals surface area contributed by atoms with Gasteiger partial charge in [0.2, 0.25) is 0 Å². The van der Waals surface area contributed by atoms with Crippen LogP contribution in [0.15, 0.2) is 18.2 Å². The fourth-order valence-electron chi connectivity index (χ4n) is 2.03. The average Bonchev–Trinajstić information content (AvgIpc) is 2.58. The molecule has 1 amide bonds. The van der Waals surface area contributed by atoms with Crippen molar-refractivity contribution < 1.29 is 19.0 Å². The lowest BCUT2D eigenvalue weighted by atomic mass is 10.2. The van der Waals surface area contributed by atoms with Gasteiger partial charge >= 0.3 is 0 Å². The molecule has 0 saturated heterocycles. The maximum atomic E-state index is 11.9. The quantitative estimate of drug-likeness (QED) is 0.350. The summed E-state index contributed by atoms with van der Waals surface area (Å²) in [4.78, 5) is 11.9. The van der Waals surface area contributed by atoms with Crippen LogP contribution in [0.3, 0.4) is 0 Å². The largest absolute Gasteiger partial charge is 0.491 e. The van der Waals surface area contributed by atoms with E-state index in [1.54, 1.807) is 25.3 Å². The van der Waals surface area contributed by atoms with Gasteiger partial charge in [0, 0.05) is 19.2 Å². The Kier molecular flexibility index (Phi) is 9.79. The van der Waals surface area contributed by atoms with Crippen molar-refractivity contribution in [1.29, 1.82) is 0 Å². The van der Waals surface area contributed by atoms with Gasteiger partial charge in [-0.15, -0.1) is 0 Å². The van der Waals surface area contributed by atoms with Crippen LogP contribution in [-0.2, 0) is 9.53 Å². The van der Waals surface area contributed by atoms with Gasteiger partial charge in [0.15, 0.2) is 16.6 Å². The molecule has 0 fully saturated rings. The Morgan fingerprint density at radius 3 is 2.69 bits per heavy atom. The van der Waals surface area contributed by atoms with Crippen molar-refractivity contribution in [2.24, 2.45) is 0 Å². The molecular weight excluding hydrogens is 378 g/mol. The van der Waals surface area contributed by atoms with E-state index in [-0.39, 0.29) is 11.9 Å². The van der Waals surface area contributed by atoms with Crippen molar-refractivity contribution in [1.82, 2.24) is 16.2 Å². The first-order valence-electron chi connectivity index (χ1n) is 7.95. The van der Waals surface area contributed by atoms with Crippen LogP contribution in [0.5, 0.6) is 11.5 Å². The number of ether oxygens (including phenoxy) is 3. The van der Waals surface area contributed by atoms with Crippen LogP contribution < -0.4 is 25.6 Å². The Morgan fingerprint density at radius 1 is 1.35 bits per heavy atom.